The number of carbonyl (C=O) groups excluding carboxylic acids is 2. The number of esters is 1. The summed E-state index contributed by atoms with van der Waals surface area (Å²) in [6.45, 7) is 14.1. The van der Waals surface area contributed by atoms with Crippen LogP contribution in [0.5, 0.6) is 5.75 Å². The minimum absolute atomic E-state index is 0.433. The van der Waals surface area contributed by atoms with Crippen LogP contribution in [0, 0.1) is 47.5 Å². The van der Waals surface area contributed by atoms with Crippen molar-refractivity contribution in [1.29, 1.82) is 0 Å². The van der Waals surface area contributed by atoms with E-state index in [1.807, 2.05) is 65.8 Å². The van der Waals surface area contributed by atoms with Crippen molar-refractivity contribution in [2.24, 2.45) is 5.92 Å². The van der Waals surface area contributed by atoms with Crippen molar-refractivity contribution in [2.45, 2.75) is 80.2 Å². The second-order valence-corrected chi connectivity index (χ2v) is 9.21. The van der Waals surface area contributed by atoms with Gasteiger partial charge < -0.3 is 14.9 Å². The monoisotopic (exact) mass is 496 g/mol. The van der Waals surface area contributed by atoms with Crippen molar-refractivity contribution >= 4 is 11.8 Å². The molecular weight excluding hydrogens is 461 g/mol. The number of benzene rings is 2. The average molecular weight is 497 g/mol. The minimum Gasteiger partial charge on any atom is -0.420 e. The first-order valence-electron chi connectivity index (χ1n) is 11.3. The van der Waals surface area contributed by atoms with E-state index in [9.17, 15) is 22.8 Å². The van der Waals surface area contributed by atoms with Crippen LogP contribution in [0.15, 0.2) is 24.3 Å². The molecule has 0 saturated carbocycles. The summed E-state index contributed by atoms with van der Waals surface area (Å²) in [5.74, 6) is -1.72. The quantitative estimate of drug-likeness (QED) is 0.234. The zero-order chi connectivity index (χ0) is 27.2. The molecule has 5 nitrogen and oxygen atoms in total. The van der Waals surface area contributed by atoms with E-state index in [2.05, 4.69) is 0 Å². The molecule has 0 aliphatic heterocycles. The highest BCUT2D eigenvalue weighted by atomic mass is 19.4. The average Bonchev–Trinajstić information content (AvgIpc) is 2.68. The maximum Gasteiger partial charge on any atom is 0.391 e. The Morgan fingerprint density at radius 1 is 0.829 bits per heavy atom. The number of alkyl halides is 3. The largest absolute Gasteiger partial charge is 0.420 e. The number of ether oxygens (including phenoxy) is 1. The number of aliphatic hydroxyl groups is 2. The van der Waals surface area contributed by atoms with Crippen molar-refractivity contribution in [3.05, 3.63) is 63.2 Å². The first-order chi connectivity index (χ1) is 15.9. The van der Waals surface area contributed by atoms with Gasteiger partial charge in [-0.05, 0) is 70.7 Å². The fourth-order valence-corrected chi connectivity index (χ4v) is 3.85. The summed E-state index contributed by atoms with van der Waals surface area (Å²) in [5.41, 5.74) is 5.88. The number of aryl methyl sites for hydroxylation is 6. The molecule has 3 unspecified atom stereocenters. The van der Waals surface area contributed by atoms with Gasteiger partial charge in [0.25, 0.3) is 5.78 Å². The van der Waals surface area contributed by atoms with Crippen LogP contribution in [0.3, 0.4) is 0 Å². The molecule has 0 spiro atoms. The van der Waals surface area contributed by atoms with Crippen LogP contribution in [0.1, 0.15) is 64.0 Å². The fourth-order valence-electron chi connectivity index (χ4n) is 3.85. The Morgan fingerprint density at radius 3 is 1.60 bits per heavy atom. The maximum atomic E-state index is 12.5. The molecule has 0 aromatic heterocycles. The van der Waals surface area contributed by atoms with Crippen molar-refractivity contribution < 1.29 is 37.7 Å². The topological polar surface area (TPSA) is 83.8 Å². The molecular formula is C27H35F3O5. The number of Topliss-reactive ketones (excluding diaryl/α,β-unsaturated/α-hetero) is 1. The van der Waals surface area contributed by atoms with Crippen molar-refractivity contribution in [1.82, 2.24) is 0 Å². The normalized spacial score (nSPS) is 13.9. The summed E-state index contributed by atoms with van der Waals surface area (Å²) in [4.78, 5) is 24.8. The highest BCUT2D eigenvalue weighted by molar-refractivity contribution is 6.41. The fraction of sp³-hybridized carbons (Fsp3) is 0.481. The van der Waals surface area contributed by atoms with Crippen LogP contribution in [-0.4, -0.2) is 40.3 Å². The standard InChI is InChI=1S/C20H22O3.C7H13F3O2/c1-11-7-13(3)17(14(4)8-11)18(21)20(22)23-19-15(5)9-12(2)10-16(19)6;1-4(5(2)11)6(12)3-7(8,9)10/h7-10H,1-6H3;4-6,11-12H,3H2,1-2H3. The van der Waals surface area contributed by atoms with E-state index in [1.165, 1.54) is 13.8 Å². The van der Waals surface area contributed by atoms with E-state index in [1.54, 1.807) is 0 Å². The van der Waals surface area contributed by atoms with Gasteiger partial charge in [0.2, 0.25) is 0 Å². The van der Waals surface area contributed by atoms with Gasteiger partial charge in [0.05, 0.1) is 18.6 Å². The van der Waals surface area contributed by atoms with Crippen LogP contribution in [0.4, 0.5) is 13.2 Å². The van der Waals surface area contributed by atoms with Crippen LogP contribution in [-0.2, 0) is 4.79 Å². The van der Waals surface area contributed by atoms with E-state index < -0.39 is 42.5 Å². The third-order valence-electron chi connectivity index (χ3n) is 5.70. The SMILES string of the molecule is CC(O)C(C)C(O)CC(F)(F)F.Cc1cc(C)c(OC(=O)C(=O)c2c(C)cc(C)cc2C)c(C)c1. The van der Waals surface area contributed by atoms with E-state index >= 15 is 0 Å². The number of hydrogen-bond donors (Lipinski definition) is 2. The van der Waals surface area contributed by atoms with Crippen LogP contribution in [0.25, 0.3) is 0 Å². The Bertz CT molecular complexity index is 1010. The number of halogens is 3. The molecule has 0 fully saturated rings. The Balaban J connectivity index is 0.000000434. The highest BCUT2D eigenvalue weighted by Crippen LogP contribution is 2.26. The Hall–Kier alpha value is -2.71. The van der Waals surface area contributed by atoms with Crippen LogP contribution in [0.2, 0.25) is 0 Å². The minimum atomic E-state index is -4.37. The molecule has 2 aromatic carbocycles. The zero-order valence-electron chi connectivity index (χ0n) is 21.5. The highest BCUT2D eigenvalue weighted by Gasteiger charge is 2.34. The van der Waals surface area contributed by atoms with Crippen LogP contribution >= 0.6 is 0 Å². The van der Waals surface area contributed by atoms with Gasteiger partial charge in [0, 0.05) is 11.5 Å². The maximum absolute atomic E-state index is 12.5. The lowest BCUT2D eigenvalue weighted by Crippen LogP contribution is -2.31. The molecule has 2 aromatic rings. The van der Waals surface area contributed by atoms with Gasteiger partial charge in [-0.2, -0.15) is 13.2 Å². The molecule has 35 heavy (non-hydrogen) atoms. The molecule has 8 heteroatoms. The smallest absolute Gasteiger partial charge is 0.391 e. The van der Waals surface area contributed by atoms with E-state index in [0.29, 0.717) is 11.3 Å². The molecule has 0 aliphatic carbocycles. The molecule has 0 saturated heterocycles. The van der Waals surface area contributed by atoms with Gasteiger partial charge >= 0.3 is 12.1 Å². The van der Waals surface area contributed by atoms with Crippen molar-refractivity contribution in [3.63, 3.8) is 0 Å². The molecule has 3 atom stereocenters. The first kappa shape index (κ1) is 30.3. The molecule has 0 radical (unpaired) electrons. The Kier molecular flexibility index (Phi) is 10.7. The van der Waals surface area contributed by atoms with Gasteiger partial charge in [-0.25, -0.2) is 4.79 Å². The summed E-state index contributed by atoms with van der Waals surface area (Å²) in [6, 6.07) is 7.66. The Labute approximate surface area is 204 Å². The number of hydrogen-bond acceptors (Lipinski definition) is 5. The van der Waals surface area contributed by atoms with Gasteiger partial charge in [-0.3, -0.25) is 4.79 Å². The number of rotatable bonds is 6. The third kappa shape index (κ3) is 9.11. The summed E-state index contributed by atoms with van der Waals surface area (Å²) in [7, 11) is 0. The summed E-state index contributed by atoms with van der Waals surface area (Å²) >= 11 is 0. The molecule has 194 valence electrons. The lowest BCUT2D eigenvalue weighted by Gasteiger charge is -2.22. The number of ketones is 1. The third-order valence-corrected chi connectivity index (χ3v) is 5.70. The molecule has 0 heterocycles. The first-order valence-corrected chi connectivity index (χ1v) is 11.3. The van der Waals surface area contributed by atoms with Crippen molar-refractivity contribution in [3.8, 4) is 5.75 Å². The zero-order valence-corrected chi connectivity index (χ0v) is 21.5. The van der Waals surface area contributed by atoms with Crippen molar-refractivity contribution in [2.75, 3.05) is 0 Å². The molecule has 2 N–H and O–H groups in total. The number of aliphatic hydroxyl groups excluding tert-OH is 2. The van der Waals surface area contributed by atoms with E-state index in [-0.39, 0.29) is 0 Å². The van der Waals surface area contributed by atoms with Crippen LogP contribution < -0.4 is 4.74 Å². The molecule has 0 amide bonds. The predicted molar refractivity (Wildman–Crippen MR) is 129 cm³/mol. The summed E-state index contributed by atoms with van der Waals surface area (Å²) < 4.78 is 40.5. The van der Waals surface area contributed by atoms with Gasteiger partial charge in [-0.1, -0.05) is 42.3 Å². The lowest BCUT2D eigenvalue weighted by molar-refractivity contribution is -0.162. The van der Waals surface area contributed by atoms with Gasteiger partial charge in [-0.15, -0.1) is 0 Å². The summed E-state index contributed by atoms with van der Waals surface area (Å²) in [6.07, 6.45) is -8.09. The van der Waals surface area contributed by atoms with Gasteiger partial charge in [0.15, 0.2) is 0 Å². The predicted octanol–water partition coefficient (Wildman–Crippen LogP) is 5.64. The second-order valence-electron chi connectivity index (χ2n) is 9.21. The molecule has 2 rings (SSSR count). The van der Waals surface area contributed by atoms with E-state index in [0.717, 1.165) is 33.4 Å². The van der Waals surface area contributed by atoms with E-state index in [4.69, 9.17) is 14.9 Å². The lowest BCUT2D eigenvalue weighted by atomic mass is 9.96. The number of carbonyl (C=O) groups is 2. The summed E-state index contributed by atoms with van der Waals surface area (Å²) in [5, 5.41) is 17.8. The van der Waals surface area contributed by atoms with Gasteiger partial charge in [0.1, 0.15) is 5.75 Å². The molecule has 0 aliphatic rings. The molecule has 0 bridgehead atoms. The Morgan fingerprint density at radius 2 is 1.23 bits per heavy atom. The second kappa shape index (κ2) is 12.3.